The van der Waals surface area contributed by atoms with Gasteiger partial charge in [-0.05, 0) is 37.6 Å². The second-order valence-electron chi connectivity index (χ2n) is 8.94. The van der Waals surface area contributed by atoms with Crippen molar-refractivity contribution in [3.63, 3.8) is 0 Å². The summed E-state index contributed by atoms with van der Waals surface area (Å²) in [4.78, 5) is 24.6. The largest absolute Gasteiger partial charge is 0.361 e. The van der Waals surface area contributed by atoms with Gasteiger partial charge in [0.05, 0.1) is 11.4 Å². The second kappa shape index (κ2) is 8.90. The van der Waals surface area contributed by atoms with Crippen molar-refractivity contribution in [3.05, 3.63) is 102 Å². The lowest BCUT2D eigenvalue weighted by atomic mass is 9.90. The van der Waals surface area contributed by atoms with Crippen LogP contribution in [0.3, 0.4) is 0 Å². The summed E-state index contributed by atoms with van der Waals surface area (Å²) in [6.07, 6.45) is 4.83. The predicted octanol–water partition coefficient (Wildman–Crippen LogP) is 6.60. The number of rotatable bonds is 6. The fourth-order valence-electron chi connectivity index (χ4n) is 4.86. The second-order valence-corrected chi connectivity index (χ2v) is 8.94. The van der Waals surface area contributed by atoms with Gasteiger partial charge in [0, 0.05) is 40.3 Å². The molecule has 4 aromatic rings. The van der Waals surface area contributed by atoms with E-state index >= 15 is 4.39 Å². The number of amides is 1. The highest BCUT2D eigenvalue weighted by Crippen LogP contribution is 2.40. The number of hydrogen-bond donors (Lipinski definition) is 1. The molecule has 1 N–H and O–H groups in total. The number of benzodiazepines with no additional fused rings is 1. The fraction of sp³-hybridized carbons (Fsp3) is 0.241. The lowest BCUT2D eigenvalue weighted by molar-refractivity contribution is -0.123. The number of nitrogens with one attached hydrogen (secondary N) is 1. The number of carbonyl (C=O) groups is 1. The molecule has 4 nitrogen and oxygen atoms in total. The molecule has 1 aromatic heterocycles. The number of benzene rings is 3. The van der Waals surface area contributed by atoms with E-state index in [1.54, 1.807) is 18.2 Å². The molecule has 5 heteroatoms. The number of aromatic amines is 1. The molecule has 172 valence electrons. The maximum atomic E-state index is 15.1. The van der Waals surface area contributed by atoms with Gasteiger partial charge >= 0.3 is 0 Å². The highest BCUT2D eigenvalue weighted by molar-refractivity contribution is 6.21. The number of halogens is 1. The lowest BCUT2D eigenvalue weighted by Gasteiger charge is -2.30. The minimum absolute atomic E-state index is 0.104. The Morgan fingerprint density at radius 3 is 2.44 bits per heavy atom. The third-order valence-electron chi connectivity index (χ3n) is 6.67. The molecular weight excluding hydrogens is 425 g/mol. The van der Waals surface area contributed by atoms with Gasteiger partial charge in [-0.15, -0.1) is 0 Å². The van der Waals surface area contributed by atoms with E-state index in [4.69, 9.17) is 4.99 Å². The van der Waals surface area contributed by atoms with Crippen LogP contribution in [0.5, 0.6) is 0 Å². The van der Waals surface area contributed by atoms with E-state index in [1.165, 1.54) is 6.07 Å². The molecule has 0 unspecified atom stereocenters. The van der Waals surface area contributed by atoms with Crippen LogP contribution in [0.15, 0.2) is 84.0 Å². The van der Waals surface area contributed by atoms with E-state index in [0.717, 1.165) is 47.0 Å². The monoisotopic (exact) mass is 453 g/mol. The van der Waals surface area contributed by atoms with Gasteiger partial charge in [0.2, 0.25) is 0 Å². The summed E-state index contributed by atoms with van der Waals surface area (Å²) in [5.41, 5.74) is 2.92. The van der Waals surface area contributed by atoms with Crippen molar-refractivity contribution in [1.29, 1.82) is 0 Å². The van der Waals surface area contributed by atoms with Gasteiger partial charge in [0.25, 0.3) is 5.91 Å². The summed E-state index contributed by atoms with van der Waals surface area (Å²) < 4.78 is 15.1. The summed E-state index contributed by atoms with van der Waals surface area (Å²) >= 11 is 0. The molecule has 0 spiro atoms. The van der Waals surface area contributed by atoms with Gasteiger partial charge in [0.1, 0.15) is 5.82 Å². The Labute approximate surface area is 199 Å². The van der Waals surface area contributed by atoms with E-state index in [0.29, 0.717) is 17.8 Å². The first kappa shape index (κ1) is 22.1. The zero-order valence-corrected chi connectivity index (χ0v) is 19.5. The van der Waals surface area contributed by atoms with Gasteiger partial charge < -0.3 is 9.88 Å². The number of H-pyrrole nitrogens is 1. The summed E-state index contributed by atoms with van der Waals surface area (Å²) in [5.74, 6) is -0.462. The van der Waals surface area contributed by atoms with E-state index in [1.807, 2.05) is 66.6 Å². The molecule has 1 aliphatic rings. The molecule has 1 amide bonds. The molecule has 34 heavy (non-hydrogen) atoms. The van der Waals surface area contributed by atoms with Crippen molar-refractivity contribution in [3.8, 4) is 0 Å². The predicted molar refractivity (Wildman–Crippen MR) is 136 cm³/mol. The number of nitrogens with zero attached hydrogens (tertiary/aromatic N) is 2. The van der Waals surface area contributed by atoms with Gasteiger partial charge in [-0.2, -0.15) is 0 Å². The molecular formula is C29H28FN3O. The zero-order chi connectivity index (χ0) is 23.7. The maximum Gasteiger partial charge on any atom is 0.259 e. The number of aromatic nitrogens is 1. The molecule has 3 aromatic carbocycles. The summed E-state index contributed by atoms with van der Waals surface area (Å²) in [6, 6.07) is 22.3. The Morgan fingerprint density at radius 2 is 1.65 bits per heavy atom. The Bertz CT molecular complexity index is 1390. The highest BCUT2D eigenvalue weighted by atomic mass is 19.1. The molecule has 1 atom stereocenters. The van der Waals surface area contributed by atoms with Crippen molar-refractivity contribution in [1.82, 2.24) is 4.98 Å². The van der Waals surface area contributed by atoms with E-state index in [9.17, 15) is 4.79 Å². The van der Waals surface area contributed by atoms with E-state index in [2.05, 4.69) is 11.9 Å². The van der Waals surface area contributed by atoms with Crippen LogP contribution in [0.1, 0.15) is 49.8 Å². The molecule has 5 rings (SSSR count). The van der Waals surface area contributed by atoms with Crippen LogP contribution >= 0.6 is 0 Å². The Hall–Kier alpha value is -3.73. The third kappa shape index (κ3) is 3.61. The van der Waals surface area contributed by atoms with E-state index < -0.39 is 5.54 Å². The minimum atomic E-state index is -1.23. The first-order chi connectivity index (χ1) is 16.5. The lowest BCUT2D eigenvalue weighted by Crippen LogP contribution is -2.44. The van der Waals surface area contributed by atoms with Gasteiger partial charge in [0.15, 0.2) is 5.54 Å². The van der Waals surface area contributed by atoms with Crippen LogP contribution in [0.2, 0.25) is 0 Å². The van der Waals surface area contributed by atoms with Gasteiger partial charge in [-0.1, -0.05) is 68.3 Å². The number of anilines is 1. The number of carbonyl (C=O) groups excluding carboxylic acids is 1. The number of hydrogen-bond acceptors (Lipinski definition) is 2. The molecule has 1 aliphatic heterocycles. The van der Waals surface area contributed by atoms with Gasteiger partial charge in [-0.25, -0.2) is 4.39 Å². The van der Waals surface area contributed by atoms with Crippen LogP contribution in [-0.2, 0) is 10.3 Å². The summed E-state index contributed by atoms with van der Waals surface area (Å²) in [5, 5.41) is 0.939. The molecule has 0 saturated carbocycles. The highest BCUT2D eigenvalue weighted by Gasteiger charge is 2.44. The van der Waals surface area contributed by atoms with Crippen molar-refractivity contribution in [2.24, 2.45) is 4.99 Å². The molecule has 0 aliphatic carbocycles. The molecule has 0 radical (unpaired) electrons. The van der Waals surface area contributed by atoms with Crippen LogP contribution in [0.25, 0.3) is 10.9 Å². The fourth-order valence-corrected chi connectivity index (χ4v) is 4.86. The van der Waals surface area contributed by atoms with Crippen molar-refractivity contribution >= 4 is 28.2 Å². The molecule has 0 fully saturated rings. The van der Waals surface area contributed by atoms with Crippen molar-refractivity contribution < 1.29 is 9.18 Å². The Morgan fingerprint density at radius 1 is 0.941 bits per heavy atom. The van der Waals surface area contributed by atoms with Crippen LogP contribution in [-0.4, -0.2) is 23.1 Å². The number of aliphatic imine (C=N–C) groups is 1. The standard InChI is InChI=1S/C29H28FN3O/c1-3-4-11-18-33-26-17-10-7-14-22(26)27(21-13-5-8-15-24(21)30)32-29(2,28(33)34)23-19-31-25-16-9-6-12-20(23)25/h5-10,12-17,19,31H,3-4,11,18H2,1-2H3/t29-/m1/s1. The maximum absolute atomic E-state index is 15.1. The van der Waals surface area contributed by atoms with E-state index in [-0.39, 0.29) is 11.7 Å². The van der Waals surface area contributed by atoms with Crippen LogP contribution < -0.4 is 4.90 Å². The van der Waals surface area contributed by atoms with Crippen molar-refractivity contribution in [2.75, 3.05) is 11.4 Å². The average molecular weight is 454 g/mol. The zero-order valence-electron chi connectivity index (χ0n) is 19.5. The number of para-hydroxylation sites is 2. The number of unbranched alkanes of at least 4 members (excludes halogenated alkanes) is 2. The quantitative estimate of drug-likeness (QED) is 0.329. The van der Waals surface area contributed by atoms with Crippen molar-refractivity contribution in [2.45, 2.75) is 38.6 Å². The Kier molecular flexibility index (Phi) is 5.78. The topological polar surface area (TPSA) is 48.5 Å². The summed E-state index contributed by atoms with van der Waals surface area (Å²) in [6.45, 7) is 4.58. The molecule has 2 heterocycles. The van der Waals surface area contributed by atoms with Crippen LogP contribution in [0, 0.1) is 5.82 Å². The van der Waals surface area contributed by atoms with Gasteiger partial charge in [-0.3, -0.25) is 9.79 Å². The smallest absolute Gasteiger partial charge is 0.259 e. The molecule has 0 bridgehead atoms. The van der Waals surface area contributed by atoms with Crippen LogP contribution in [0.4, 0.5) is 10.1 Å². The first-order valence-electron chi connectivity index (χ1n) is 11.9. The third-order valence-corrected chi connectivity index (χ3v) is 6.67. The Balaban J connectivity index is 1.79. The average Bonchev–Trinajstić information content (AvgIpc) is 3.27. The summed E-state index contributed by atoms with van der Waals surface area (Å²) in [7, 11) is 0. The SMILES string of the molecule is CCCCCN1C(=O)[C@@](C)(c2c[nH]c3ccccc23)N=C(c2ccccc2F)c2ccccc21. The first-order valence-corrected chi connectivity index (χ1v) is 11.9. The normalized spacial score (nSPS) is 18.0. The minimum Gasteiger partial charge on any atom is -0.361 e. The number of fused-ring (bicyclic) bond motifs is 2. The molecule has 0 saturated heterocycles.